The molecule has 1 atom stereocenters. The van der Waals surface area contributed by atoms with Crippen LogP contribution in [0.2, 0.25) is 0 Å². The molecule has 2 aromatic carbocycles. The lowest BCUT2D eigenvalue weighted by Gasteiger charge is -2.26. The van der Waals surface area contributed by atoms with Gasteiger partial charge in [0, 0.05) is 0 Å². The zero-order chi connectivity index (χ0) is 15.5. The third-order valence-electron chi connectivity index (χ3n) is 3.37. The van der Waals surface area contributed by atoms with Crippen LogP contribution in [0.5, 0.6) is 5.75 Å². The predicted octanol–water partition coefficient (Wildman–Crippen LogP) is 1.50. The number of hydrogen-bond acceptors (Lipinski definition) is 4. The second-order valence-electron chi connectivity index (χ2n) is 5.29. The van der Waals surface area contributed by atoms with E-state index in [1.165, 1.54) is 12.5 Å². The summed E-state index contributed by atoms with van der Waals surface area (Å²) < 4.78 is 5.67. The summed E-state index contributed by atoms with van der Waals surface area (Å²) in [6.45, 7) is 3.90. The molecule has 0 saturated heterocycles. The molecule has 0 bridgehead atoms. The van der Waals surface area contributed by atoms with Crippen molar-refractivity contribution >= 4 is 5.97 Å². The Balaban J connectivity index is 2.05. The third kappa shape index (κ3) is 3.61. The van der Waals surface area contributed by atoms with Gasteiger partial charge in [-0.05, 0) is 37.1 Å². The lowest BCUT2D eigenvalue weighted by Crippen LogP contribution is -2.50. The molecule has 0 aliphatic carbocycles. The number of rotatable bonds is 5. The first-order chi connectivity index (χ1) is 9.89. The molecule has 0 fully saturated rings. The van der Waals surface area contributed by atoms with Crippen molar-refractivity contribution in [3.05, 3.63) is 65.2 Å². The average Bonchev–Trinajstić information content (AvgIpc) is 2.45. The molecule has 0 heterocycles. The molecule has 1 unspecified atom stereocenters. The van der Waals surface area contributed by atoms with Crippen molar-refractivity contribution in [3.63, 3.8) is 0 Å². The van der Waals surface area contributed by atoms with E-state index in [1.807, 2.05) is 25.1 Å². The van der Waals surface area contributed by atoms with Gasteiger partial charge < -0.3 is 20.4 Å². The van der Waals surface area contributed by atoms with Gasteiger partial charge in [0.05, 0.1) is 11.5 Å². The SMILES string of the molecule is Cc1cccc(COc2ccc(C(C)(N)C(=O)[O-])cc2)c1. The van der Waals surface area contributed by atoms with Gasteiger partial charge in [-0.1, -0.05) is 42.0 Å². The number of hydrogen-bond donors (Lipinski definition) is 1. The molecule has 0 aromatic heterocycles. The highest BCUT2D eigenvalue weighted by molar-refractivity contribution is 5.77. The zero-order valence-electron chi connectivity index (χ0n) is 12.1. The number of nitrogens with two attached hydrogens (primary N) is 1. The van der Waals surface area contributed by atoms with Crippen LogP contribution in [-0.2, 0) is 16.9 Å². The second-order valence-corrected chi connectivity index (χ2v) is 5.29. The number of carboxylic acids is 1. The first-order valence-corrected chi connectivity index (χ1v) is 6.69. The molecule has 0 saturated carbocycles. The molecule has 110 valence electrons. The summed E-state index contributed by atoms with van der Waals surface area (Å²) in [5.74, 6) is -0.648. The van der Waals surface area contributed by atoms with Crippen LogP contribution in [0.25, 0.3) is 0 Å². The largest absolute Gasteiger partial charge is 0.548 e. The van der Waals surface area contributed by atoms with Crippen LogP contribution in [0, 0.1) is 6.92 Å². The minimum absolute atomic E-state index is 0.460. The zero-order valence-corrected chi connectivity index (χ0v) is 12.1. The van der Waals surface area contributed by atoms with Gasteiger partial charge in [-0.3, -0.25) is 0 Å². The summed E-state index contributed by atoms with van der Waals surface area (Å²) in [6, 6.07) is 14.8. The molecular formula is C17H18NO3-. The molecule has 2 rings (SSSR count). The summed E-state index contributed by atoms with van der Waals surface area (Å²) in [6.07, 6.45) is 0. The number of carbonyl (C=O) groups excluding carboxylic acids is 1. The number of aryl methyl sites for hydroxylation is 1. The molecule has 0 radical (unpaired) electrons. The minimum atomic E-state index is -1.50. The summed E-state index contributed by atoms with van der Waals surface area (Å²) >= 11 is 0. The molecule has 0 spiro atoms. The van der Waals surface area contributed by atoms with Crippen molar-refractivity contribution in [1.29, 1.82) is 0 Å². The first-order valence-electron chi connectivity index (χ1n) is 6.69. The maximum Gasteiger partial charge on any atom is 0.119 e. The fraction of sp³-hybridized carbons (Fsp3) is 0.235. The van der Waals surface area contributed by atoms with Crippen molar-refractivity contribution < 1.29 is 14.6 Å². The van der Waals surface area contributed by atoms with Crippen LogP contribution in [0.1, 0.15) is 23.6 Å². The molecule has 0 aliphatic heterocycles. The maximum absolute atomic E-state index is 11.0. The number of carboxylic acid groups (broad SMARTS) is 1. The van der Waals surface area contributed by atoms with Crippen LogP contribution in [0.3, 0.4) is 0 Å². The Bertz CT molecular complexity index is 633. The van der Waals surface area contributed by atoms with Crippen molar-refractivity contribution in [1.82, 2.24) is 0 Å². The van der Waals surface area contributed by atoms with Gasteiger partial charge in [-0.25, -0.2) is 0 Å². The van der Waals surface area contributed by atoms with Crippen LogP contribution in [0.4, 0.5) is 0 Å². The summed E-state index contributed by atoms with van der Waals surface area (Å²) in [7, 11) is 0. The smallest absolute Gasteiger partial charge is 0.119 e. The Hall–Kier alpha value is -2.33. The van der Waals surface area contributed by atoms with Gasteiger partial charge in [0.25, 0.3) is 0 Å². The van der Waals surface area contributed by atoms with Gasteiger partial charge in [0.1, 0.15) is 12.4 Å². The van der Waals surface area contributed by atoms with Gasteiger partial charge >= 0.3 is 0 Å². The highest BCUT2D eigenvalue weighted by atomic mass is 16.5. The molecule has 21 heavy (non-hydrogen) atoms. The third-order valence-corrected chi connectivity index (χ3v) is 3.37. The van der Waals surface area contributed by atoms with E-state index in [1.54, 1.807) is 24.3 Å². The van der Waals surface area contributed by atoms with Crippen molar-refractivity contribution in [2.45, 2.75) is 26.0 Å². The van der Waals surface area contributed by atoms with E-state index >= 15 is 0 Å². The predicted molar refractivity (Wildman–Crippen MR) is 78.5 cm³/mol. The molecule has 4 nitrogen and oxygen atoms in total. The Kier molecular flexibility index (Phi) is 4.29. The van der Waals surface area contributed by atoms with E-state index in [0.29, 0.717) is 17.9 Å². The number of ether oxygens (including phenoxy) is 1. The first kappa shape index (κ1) is 15.1. The van der Waals surface area contributed by atoms with Crippen LogP contribution in [0.15, 0.2) is 48.5 Å². The normalized spacial score (nSPS) is 13.5. The van der Waals surface area contributed by atoms with Crippen LogP contribution in [-0.4, -0.2) is 5.97 Å². The van der Waals surface area contributed by atoms with E-state index < -0.39 is 11.5 Å². The summed E-state index contributed by atoms with van der Waals surface area (Å²) in [4.78, 5) is 11.0. The topological polar surface area (TPSA) is 75.4 Å². The molecular weight excluding hydrogens is 266 g/mol. The van der Waals surface area contributed by atoms with E-state index in [2.05, 4.69) is 6.07 Å². The average molecular weight is 284 g/mol. The van der Waals surface area contributed by atoms with Gasteiger partial charge in [0.15, 0.2) is 0 Å². The monoisotopic (exact) mass is 284 g/mol. The van der Waals surface area contributed by atoms with E-state index in [4.69, 9.17) is 10.5 Å². The fourth-order valence-corrected chi connectivity index (χ4v) is 1.98. The van der Waals surface area contributed by atoms with Crippen molar-refractivity contribution in [2.24, 2.45) is 5.73 Å². The molecule has 2 aromatic rings. The maximum atomic E-state index is 11.0. The number of carbonyl (C=O) groups is 1. The van der Waals surface area contributed by atoms with Crippen molar-refractivity contribution in [3.8, 4) is 5.75 Å². The molecule has 0 aliphatic rings. The second kappa shape index (κ2) is 5.97. The highest BCUT2D eigenvalue weighted by Gasteiger charge is 2.22. The van der Waals surface area contributed by atoms with E-state index in [0.717, 1.165) is 5.56 Å². The minimum Gasteiger partial charge on any atom is -0.548 e. The van der Waals surface area contributed by atoms with Crippen molar-refractivity contribution in [2.75, 3.05) is 0 Å². The lowest BCUT2D eigenvalue weighted by atomic mass is 9.93. The van der Waals surface area contributed by atoms with Crippen LogP contribution < -0.4 is 15.6 Å². The Morgan fingerprint density at radius 2 is 1.90 bits per heavy atom. The van der Waals surface area contributed by atoms with E-state index in [-0.39, 0.29) is 0 Å². The Morgan fingerprint density at radius 1 is 1.24 bits per heavy atom. The summed E-state index contributed by atoms with van der Waals surface area (Å²) in [5, 5.41) is 11.0. The lowest BCUT2D eigenvalue weighted by molar-refractivity contribution is -0.313. The Morgan fingerprint density at radius 3 is 2.48 bits per heavy atom. The van der Waals surface area contributed by atoms with E-state index in [9.17, 15) is 9.90 Å². The van der Waals surface area contributed by atoms with Gasteiger partial charge in [-0.2, -0.15) is 0 Å². The van der Waals surface area contributed by atoms with Gasteiger partial charge in [-0.15, -0.1) is 0 Å². The number of aliphatic carboxylic acids is 1. The van der Waals surface area contributed by atoms with Crippen LogP contribution >= 0.6 is 0 Å². The standard InChI is InChI=1S/C17H19NO3/c1-12-4-3-5-13(10-12)11-21-15-8-6-14(7-9-15)17(2,18)16(19)20/h3-10H,11,18H2,1-2H3,(H,19,20)/p-1. The fourth-order valence-electron chi connectivity index (χ4n) is 1.98. The molecule has 4 heteroatoms. The molecule has 0 amide bonds. The Labute approximate surface area is 124 Å². The quantitative estimate of drug-likeness (QED) is 0.902. The van der Waals surface area contributed by atoms with Gasteiger partial charge in [0.2, 0.25) is 0 Å². The number of benzene rings is 2. The molecule has 2 N–H and O–H groups in total. The highest BCUT2D eigenvalue weighted by Crippen LogP contribution is 2.21. The summed E-state index contributed by atoms with van der Waals surface area (Å²) in [5.41, 5.74) is 6.94.